The van der Waals surface area contributed by atoms with Crippen molar-refractivity contribution in [1.29, 1.82) is 0 Å². The molecule has 43 heavy (non-hydrogen) atoms. The Labute approximate surface area is 250 Å². The zero-order valence-corrected chi connectivity index (χ0v) is 25.6. The van der Waals surface area contributed by atoms with Gasteiger partial charge in [-0.15, -0.1) is 0 Å². The summed E-state index contributed by atoms with van der Waals surface area (Å²) in [7, 11) is -3.12. The average molecular weight is 608 g/mol. The third kappa shape index (κ3) is 4.96. The highest BCUT2D eigenvalue weighted by atomic mass is 32.2. The standard InChI is InChI=1S/C30H37N7O5S/c1-18-24-13-31-30(33-28(24)37(21-6-4-5-7-21)29(39)27(18)19(2)38)32-20-8-9-25-26(12-20)42-17-23-14-34(10-11-36(23)25)22-15-35(16-22)43(3,40)41/h8-9,12-13,21-23H,4-7,10-11,14-17H2,1-3H3,(H,31,32,33)/t23-/m0/s1. The maximum atomic E-state index is 13.5. The Bertz CT molecular complexity index is 1780. The van der Waals surface area contributed by atoms with Gasteiger partial charge in [-0.2, -0.15) is 9.29 Å². The molecule has 3 fully saturated rings. The number of rotatable bonds is 6. The van der Waals surface area contributed by atoms with E-state index in [1.165, 1.54) is 17.5 Å². The van der Waals surface area contributed by atoms with E-state index in [-0.39, 0.29) is 35.0 Å². The third-order valence-corrected chi connectivity index (χ3v) is 10.8. The Morgan fingerprint density at radius 1 is 1.07 bits per heavy atom. The van der Waals surface area contributed by atoms with E-state index in [4.69, 9.17) is 9.72 Å². The van der Waals surface area contributed by atoms with Crippen LogP contribution >= 0.6 is 0 Å². The number of pyridine rings is 1. The highest BCUT2D eigenvalue weighted by Crippen LogP contribution is 2.39. The van der Waals surface area contributed by atoms with Crippen LogP contribution in [0.15, 0.2) is 29.2 Å². The van der Waals surface area contributed by atoms with Crippen molar-refractivity contribution in [2.45, 2.75) is 57.7 Å². The highest BCUT2D eigenvalue weighted by molar-refractivity contribution is 7.88. The number of Topliss-reactive ketones (excluding diaryl/α,β-unsaturated/α-hetero) is 1. The van der Waals surface area contributed by atoms with Gasteiger partial charge in [-0.05, 0) is 44.4 Å². The summed E-state index contributed by atoms with van der Waals surface area (Å²) in [6.07, 6.45) is 6.84. The number of nitrogens with one attached hydrogen (secondary N) is 1. The second-order valence-electron chi connectivity index (χ2n) is 12.3. The van der Waals surface area contributed by atoms with Crippen molar-refractivity contribution in [3.8, 4) is 5.75 Å². The van der Waals surface area contributed by atoms with E-state index >= 15 is 0 Å². The minimum atomic E-state index is -3.12. The lowest BCUT2D eigenvalue weighted by Gasteiger charge is -2.51. The summed E-state index contributed by atoms with van der Waals surface area (Å²) in [6.45, 7) is 7.45. The fraction of sp³-hybridized carbons (Fsp3) is 0.533. The van der Waals surface area contributed by atoms with Gasteiger partial charge in [0.05, 0.1) is 23.5 Å². The molecule has 0 radical (unpaired) electrons. The lowest BCUT2D eigenvalue weighted by molar-refractivity contribution is 0.0602. The summed E-state index contributed by atoms with van der Waals surface area (Å²) in [5, 5.41) is 4.02. The van der Waals surface area contributed by atoms with Crippen LogP contribution in [0.5, 0.6) is 5.75 Å². The number of sulfonamides is 1. The van der Waals surface area contributed by atoms with Crippen LogP contribution in [0.1, 0.15) is 54.6 Å². The second kappa shape index (κ2) is 10.6. The number of aromatic nitrogens is 3. The van der Waals surface area contributed by atoms with Crippen molar-refractivity contribution in [2.24, 2.45) is 0 Å². The van der Waals surface area contributed by atoms with Crippen LogP contribution in [0.3, 0.4) is 0 Å². The van der Waals surface area contributed by atoms with Crippen molar-refractivity contribution in [1.82, 2.24) is 23.7 Å². The first-order chi connectivity index (χ1) is 20.6. The molecule has 13 heteroatoms. The van der Waals surface area contributed by atoms with E-state index in [9.17, 15) is 18.0 Å². The summed E-state index contributed by atoms with van der Waals surface area (Å²) >= 11 is 0. The van der Waals surface area contributed by atoms with E-state index in [1.54, 1.807) is 17.7 Å². The Balaban J connectivity index is 1.11. The first-order valence-corrected chi connectivity index (χ1v) is 16.9. The molecule has 12 nitrogen and oxygen atoms in total. The van der Waals surface area contributed by atoms with Crippen LogP contribution in [0.25, 0.3) is 11.0 Å². The van der Waals surface area contributed by atoms with Crippen molar-refractivity contribution in [2.75, 3.05) is 55.8 Å². The Morgan fingerprint density at radius 2 is 1.84 bits per heavy atom. The Morgan fingerprint density at radius 3 is 2.56 bits per heavy atom. The maximum absolute atomic E-state index is 13.5. The molecule has 4 aliphatic rings. The number of ether oxygens (including phenoxy) is 1. The number of nitrogens with zero attached hydrogens (tertiary/aromatic N) is 6. The number of carbonyl (C=O) groups excluding carboxylic acids is 1. The highest BCUT2D eigenvalue weighted by Gasteiger charge is 2.41. The number of carbonyl (C=O) groups is 1. The first kappa shape index (κ1) is 28.2. The quantitative estimate of drug-likeness (QED) is 0.418. The van der Waals surface area contributed by atoms with Gasteiger partial charge in [-0.25, -0.2) is 13.4 Å². The average Bonchev–Trinajstić information content (AvgIpc) is 3.45. The van der Waals surface area contributed by atoms with Crippen molar-refractivity contribution >= 4 is 44.2 Å². The van der Waals surface area contributed by atoms with Gasteiger partial charge in [0.2, 0.25) is 16.0 Å². The fourth-order valence-electron chi connectivity index (χ4n) is 7.16. The Kier molecular flexibility index (Phi) is 6.94. The number of hydrogen-bond donors (Lipinski definition) is 1. The normalized spacial score (nSPS) is 21.7. The molecule has 2 aromatic heterocycles. The van der Waals surface area contributed by atoms with Crippen molar-refractivity contribution in [3.05, 3.63) is 45.9 Å². The van der Waals surface area contributed by atoms with Gasteiger partial charge < -0.3 is 15.0 Å². The molecule has 1 aromatic carbocycles. The van der Waals surface area contributed by atoms with E-state index in [2.05, 4.69) is 20.1 Å². The number of piperazine rings is 1. The first-order valence-electron chi connectivity index (χ1n) is 15.0. The molecule has 1 N–H and O–H groups in total. The summed E-state index contributed by atoms with van der Waals surface area (Å²) in [4.78, 5) is 40.1. The zero-order chi connectivity index (χ0) is 30.0. The second-order valence-corrected chi connectivity index (χ2v) is 14.3. The molecule has 0 spiro atoms. The predicted molar refractivity (Wildman–Crippen MR) is 164 cm³/mol. The van der Waals surface area contributed by atoms with Crippen molar-refractivity contribution < 1.29 is 17.9 Å². The van der Waals surface area contributed by atoms with Crippen LogP contribution in [0.2, 0.25) is 0 Å². The van der Waals surface area contributed by atoms with Crippen LogP contribution in [0.4, 0.5) is 17.3 Å². The minimum absolute atomic E-state index is 0.0184. The molecule has 228 valence electrons. The van der Waals surface area contributed by atoms with Gasteiger partial charge in [0.15, 0.2) is 5.78 Å². The largest absolute Gasteiger partial charge is 0.489 e. The molecule has 3 aliphatic heterocycles. The Hall–Kier alpha value is -3.55. The van der Waals surface area contributed by atoms with Crippen LogP contribution < -0.4 is 20.5 Å². The molecule has 5 heterocycles. The van der Waals surface area contributed by atoms with E-state index in [1.807, 2.05) is 18.2 Å². The smallest absolute Gasteiger partial charge is 0.263 e. The number of anilines is 3. The molecule has 1 saturated carbocycles. The van der Waals surface area contributed by atoms with E-state index < -0.39 is 10.0 Å². The molecule has 0 bridgehead atoms. The topological polar surface area (TPSA) is 130 Å². The predicted octanol–water partition coefficient (Wildman–Crippen LogP) is 2.69. The third-order valence-electron chi connectivity index (χ3n) is 9.54. The summed E-state index contributed by atoms with van der Waals surface area (Å²) < 4.78 is 33.0. The number of hydrogen-bond acceptors (Lipinski definition) is 10. The minimum Gasteiger partial charge on any atom is -0.489 e. The number of fused-ring (bicyclic) bond motifs is 4. The molecule has 1 aliphatic carbocycles. The van der Waals surface area contributed by atoms with Gasteiger partial charge in [-0.1, -0.05) is 12.8 Å². The van der Waals surface area contributed by atoms with Crippen LogP contribution in [-0.2, 0) is 10.0 Å². The number of aryl methyl sites for hydroxylation is 1. The summed E-state index contributed by atoms with van der Waals surface area (Å²) in [5.74, 6) is 0.921. The van der Waals surface area contributed by atoms with E-state index in [0.29, 0.717) is 42.2 Å². The van der Waals surface area contributed by atoms with Gasteiger partial charge in [0, 0.05) is 68.1 Å². The monoisotopic (exact) mass is 607 g/mol. The van der Waals surface area contributed by atoms with Gasteiger partial charge in [0.25, 0.3) is 5.56 Å². The molecule has 3 aromatic rings. The molecule has 1 atom stereocenters. The maximum Gasteiger partial charge on any atom is 0.263 e. The van der Waals surface area contributed by atoms with Crippen LogP contribution in [0, 0.1) is 6.92 Å². The number of ketones is 1. The van der Waals surface area contributed by atoms with E-state index in [0.717, 1.165) is 62.4 Å². The lowest BCUT2D eigenvalue weighted by atomic mass is 10.0. The molecular formula is C30H37N7O5S. The lowest BCUT2D eigenvalue weighted by Crippen LogP contribution is -2.67. The molecule has 0 amide bonds. The zero-order valence-electron chi connectivity index (χ0n) is 24.7. The molecule has 2 saturated heterocycles. The fourth-order valence-corrected chi connectivity index (χ4v) is 8.04. The SMILES string of the molecule is CC(=O)c1c(C)c2cnc(Nc3ccc4c(c3)OC[C@@H]3CN(C5CN(S(C)(=O)=O)C5)CCN43)nc2n(C2CCCC2)c1=O. The van der Waals surface area contributed by atoms with Gasteiger partial charge in [-0.3, -0.25) is 19.1 Å². The van der Waals surface area contributed by atoms with Crippen LogP contribution in [-0.4, -0.2) is 95.6 Å². The van der Waals surface area contributed by atoms with Gasteiger partial charge in [0.1, 0.15) is 18.0 Å². The molecular weight excluding hydrogens is 570 g/mol. The number of benzene rings is 1. The summed E-state index contributed by atoms with van der Waals surface area (Å²) in [5.41, 5.74) is 2.94. The summed E-state index contributed by atoms with van der Waals surface area (Å²) in [6, 6.07) is 6.46. The van der Waals surface area contributed by atoms with Crippen molar-refractivity contribution in [3.63, 3.8) is 0 Å². The van der Waals surface area contributed by atoms with Gasteiger partial charge >= 0.3 is 0 Å². The molecule has 0 unspecified atom stereocenters. The molecule has 7 rings (SSSR count).